The van der Waals surface area contributed by atoms with E-state index in [-0.39, 0.29) is 5.41 Å². The normalized spacial score (nSPS) is 16.1. The van der Waals surface area contributed by atoms with Crippen LogP contribution in [-0.2, 0) is 29.1 Å². The van der Waals surface area contributed by atoms with Crippen molar-refractivity contribution in [3.8, 4) is 0 Å². The van der Waals surface area contributed by atoms with Crippen LogP contribution in [0.1, 0.15) is 50.3 Å². The van der Waals surface area contributed by atoms with Gasteiger partial charge in [-0.25, -0.2) is 0 Å². The van der Waals surface area contributed by atoms with Crippen molar-refractivity contribution in [3.63, 3.8) is 0 Å². The molecule has 2 rings (SSSR count). The van der Waals surface area contributed by atoms with Gasteiger partial charge in [0.2, 0.25) is 0 Å². The second-order valence-corrected chi connectivity index (χ2v) is 7.28. The van der Waals surface area contributed by atoms with E-state index in [9.17, 15) is 9.90 Å². The van der Waals surface area contributed by atoms with Crippen LogP contribution < -0.4 is 5.32 Å². The summed E-state index contributed by atoms with van der Waals surface area (Å²) < 4.78 is 5.44. The summed E-state index contributed by atoms with van der Waals surface area (Å²) in [7, 11) is 0. The van der Waals surface area contributed by atoms with Crippen molar-refractivity contribution in [1.29, 1.82) is 0 Å². The first kappa shape index (κ1) is 17.0. The third-order valence-corrected chi connectivity index (χ3v) is 4.08. The van der Waals surface area contributed by atoms with Gasteiger partial charge in [0, 0.05) is 6.54 Å². The zero-order valence-electron chi connectivity index (χ0n) is 13.8. The van der Waals surface area contributed by atoms with Crippen molar-refractivity contribution >= 4 is 5.97 Å². The molecule has 2 N–H and O–H groups in total. The first-order valence-electron chi connectivity index (χ1n) is 8.00. The molecule has 0 fully saturated rings. The minimum atomic E-state index is -0.768. The summed E-state index contributed by atoms with van der Waals surface area (Å²) in [4.78, 5) is 11.4. The lowest BCUT2D eigenvalue weighted by Gasteiger charge is -2.22. The Balaban J connectivity index is 1.93. The average molecular weight is 305 g/mol. The van der Waals surface area contributed by atoms with E-state index in [2.05, 4.69) is 44.3 Å². The van der Waals surface area contributed by atoms with Gasteiger partial charge in [-0.1, -0.05) is 39.0 Å². The van der Waals surface area contributed by atoms with E-state index in [1.54, 1.807) is 0 Å². The Labute approximate surface area is 132 Å². The molecule has 0 saturated heterocycles. The van der Waals surface area contributed by atoms with Gasteiger partial charge in [0.15, 0.2) is 0 Å². The fourth-order valence-electron chi connectivity index (χ4n) is 2.66. The predicted octanol–water partition coefficient (Wildman–Crippen LogP) is 3.13. The number of hydrogen-bond acceptors (Lipinski definition) is 3. The van der Waals surface area contributed by atoms with Crippen LogP contribution in [-0.4, -0.2) is 23.7 Å². The molecule has 4 heteroatoms. The molecule has 122 valence electrons. The number of benzene rings is 1. The Kier molecular flexibility index (Phi) is 5.59. The maximum absolute atomic E-state index is 11.4. The lowest BCUT2D eigenvalue weighted by Crippen LogP contribution is -2.37. The molecule has 0 unspecified atom stereocenters. The average Bonchev–Trinajstić information content (AvgIpc) is 2.45. The number of carboxylic acid groups (broad SMARTS) is 1. The number of aliphatic carboxylic acids is 1. The number of carboxylic acids is 1. The van der Waals surface area contributed by atoms with Crippen molar-refractivity contribution in [1.82, 2.24) is 5.32 Å². The molecule has 0 amide bonds. The van der Waals surface area contributed by atoms with Crippen molar-refractivity contribution in [2.24, 2.45) is 5.41 Å². The van der Waals surface area contributed by atoms with Crippen LogP contribution in [0.5, 0.6) is 0 Å². The molecule has 1 aliphatic rings. The van der Waals surface area contributed by atoms with Gasteiger partial charge in [-0.2, -0.15) is 0 Å². The summed E-state index contributed by atoms with van der Waals surface area (Å²) in [5, 5.41) is 12.5. The van der Waals surface area contributed by atoms with Crippen LogP contribution in [0.2, 0.25) is 0 Å². The molecule has 0 spiro atoms. The highest BCUT2D eigenvalue weighted by Crippen LogP contribution is 2.22. The number of hydrogen-bond donors (Lipinski definition) is 2. The predicted molar refractivity (Wildman–Crippen MR) is 86.8 cm³/mol. The molecule has 22 heavy (non-hydrogen) atoms. The molecule has 1 aromatic carbocycles. The van der Waals surface area contributed by atoms with Crippen molar-refractivity contribution < 1.29 is 14.6 Å². The third-order valence-electron chi connectivity index (χ3n) is 4.08. The van der Waals surface area contributed by atoms with E-state index in [4.69, 9.17) is 4.74 Å². The molecule has 0 bridgehead atoms. The van der Waals surface area contributed by atoms with E-state index in [1.165, 1.54) is 11.1 Å². The van der Waals surface area contributed by atoms with Crippen LogP contribution in [0.4, 0.5) is 0 Å². The van der Waals surface area contributed by atoms with Crippen molar-refractivity contribution in [3.05, 3.63) is 34.9 Å². The summed E-state index contributed by atoms with van der Waals surface area (Å²) in [6, 6.07) is 5.84. The second kappa shape index (κ2) is 7.25. The quantitative estimate of drug-likeness (QED) is 0.848. The minimum Gasteiger partial charge on any atom is -0.480 e. The standard InChI is InChI=1S/C18H27NO3/c1-18(2,3)8-6-16(17(20)21)19-11-13-4-5-15-12-22-9-7-14(15)10-13/h4-5,10,16,19H,6-9,11-12H2,1-3H3,(H,20,21)/t16-/m0/s1. The molecule has 1 atom stereocenters. The van der Waals surface area contributed by atoms with E-state index >= 15 is 0 Å². The zero-order chi connectivity index (χ0) is 16.2. The highest BCUT2D eigenvalue weighted by atomic mass is 16.5. The summed E-state index contributed by atoms with van der Waals surface area (Å²) in [6.45, 7) is 8.46. The molecular weight excluding hydrogens is 278 g/mol. The fraction of sp³-hybridized carbons (Fsp3) is 0.611. The topological polar surface area (TPSA) is 58.6 Å². The first-order valence-corrected chi connectivity index (χ1v) is 8.00. The largest absolute Gasteiger partial charge is 0.480 e. The smallest absolute Gasteiger partial charge is 0.320 e. The molecule has 1 heterocycles. The summed E-state index contributed by atoms with van der Waals surface area (Å²) in [6.07, 6.45) is 2.48. The van der Waals surface area contributed by atoms with E-state index in [1.807, 2.05) is 0 Å². The SMILES string of the molecule is CC(C)(C)CC[C@H](NCc1ccc2c(c1)CCOC2)C(=O)O. The van der Waals surface area contributed by atoms with E-state index in [0.717, 1.165) is 25.0 Å². The lowest BCUT2D eigenvalue weighted by atomic mass is 9.88. The minimum absolute atomic E-state index is 0.154. The number of carbonyl (C=O) groups is 1. The highest BCUT2D eigenvalue weighted by Gasteiger charge is 2.20. The van der Waals surface area contributed by atoms with Crippen LogP contribution in [0, 0.1) is 5.41 Å². The highest BCUT2D eigenvalue weighted by molar-refractivity contribution is 5.73. The fourth-order valence-corrected chi connectivity index (χ4v) is 2.66. The molecular formula is C18H27NO3. The number of fused-ring (bicyclic) bond motifs is 1. The van der Waals surface area contributed by atoms with Gasteiger partial charge in [-0.3, -0.25) is 4.79 Å². The summed E-state index contributed by atoms with van der Waals surface area (Å²) >= 11 is 0. The number of rotatable bonds is 6. The maximum Gasteiger partial charge on any atom is 0.320 e. The van der Waals surface area contributed by atoms with E-state index in [0.29, 0.717) is 19.6 Å². The maximum atomic E-state index is 11.4. The molecule has 0 radical (unpaired) electrons. The summed E-state index contributed by atoms with van der Waals surface area (Å²) in [5.41, 5.74) is 3.87. The van der Waals surface area contributed by atoms with Crippen LogP contribution >= 0.6 is 0 Å². The first-order chi connectivity index (χ1) is 10.3. The zero-order valence-corrected chi connectivity index (χ0v) is 13.8. The van der Waals surface area contributed by atoms with Gasteiger partial charge in [-0.15, -0.1) is 0 Å². The lowest BCUT2D eigenvalue weighted by molar-refractivity contribution is -0.139. The van der Waals surface area contributed by atoms with Crippen molar-refractivity contribution in [2.75, 3.05) is 6.61 Å². The molecule has 1 aromatic rings. The van der Waals surface area contributed by atoms with Crippen LogP contribution in [0.15, 0.2) is 18.2 Å². The Hall–Kier alpha value is -1.39. The Morgan fingerprint density at radius 1 is 1.36 bits per heavy atom. The van der Waals surface area contributed by atoms with Crippen LogP contribution in [0.3, 0.4) is 0 Å². The Morgan fingerprint density at radius 2 is 2.14 bits per heavy atom. The Bertz CT molecular complexity index is 520. The van der Waals surface area contributed by atoms with Gasteiger partial charge < -0.3 is 15.2 Å². The van der Waals surface area contributed by atoms with Gasteiger partial charge in [0.25, 0.3) is 0 Å². The van der Waals surface area contributed by atoms with Crippen molar-refractivity contribution in [2.45, 2.75) is 59.2 Å². The molecule has 0 aliphatic carbocycles. The molecule has 1 aliphatic heterocycles. The third kappa shape index (κ3) is 5.11. The van der Waals surface area contributed by atoms with Gasteiger partial charge in [-0.05, 0) is 41.4 Å². The van der Waals surface area contributed by atoms with Gasteiger partial charge in [0.05, 0.1) is 13.2 Å². The second-order valence-electron chi connectivity index (χ2n) is 7.28. The number of nitrogens with one attached hydrogen (secondary N) is 1. The number of ether oxygens (including phenoxy) is 1. The van der Waals surface area contributed by atoms with Gasteiger partial charge in [0.1, 0.15) is 6.04 Å². The Morgan fingerprint density at radius 3 is 2.82 bits per heavy atom. The molecule has 0 saturated carbocycles. The monoisotopic (exact) mass is 305 g/mol. The van der Waals surface area contributed by atoms with Crippen LogP contribution in [0.25, 0.3) is 0 Å². The molecule has 0 aromatic heterocycles. The van der Waals surface area contributed by atoms with Gasteiger partial charge >= 0.3 is 5.97 Å². The summed E-state index contributed by atoms with van der Waals surface area (Å²) in [5.74, 6) is -0.768. The van der Waals surface area contributed by atoms with E-state index < -0.39 is 12.0 Å². The molecule has 4 nitrogen and oxygen atoms in total.